The predicted octanol–water partition coefficient (Wildman–Crippen LogP) is 4.90. The maximum atomic E-state index is 13.6. The third-order valence-electron chi connectivity index (χ3n) is 3.21. The Kier molecular flexibility index (Phi) is 4.58. The lowest BCUT2D eigenvalue weighted by Gasteiger charge is -2.10. The molecule has 0 heterocycles. The van der Waals surface area contributed by atoms with Gasteiger partial charge in [-0.2, -0.15) is 0 Å². The van der Waals surface area contributed by atoms with Gasteiger partial charge in [0, 0.05) is 5.69 Å². The summed E-state index contributed by atoms with van der Waals surface area (Å²) in [4.78, 5) is 11.9. The molecule has 2 aromatic carbocycles. The summed E-state index contributed by atoms with van der Waals surface area (Å²) >= 11 is 0. The Balaban J connectivity index is 2.03. The van der Waals surface area contributed by atoms with Gasteiger partial charge >= 0.3 is 6.03 Å². The number of carbonyl (C=O) groups is 1. The molecule has 110 valence electrons. The fourth-order valence-corrected chi connectivity index (χ4v) is 1.97. The van der Waals surface area contributed by atoms with E-state index in [0.717, 1.165) is 5.56 Å². The zero-order valence-corrected chi connectivity index (χ0v) is 12.4. The van der Waals surface area contributed by atoms with Crippen molar-refractivity contribution in [3.05, 3.63) is 59.4 Å². The third-order valence-corrected chi connectivity index (χ3v) is 3.21. The van der Waals surface area contributed by atoms with E-state index in [1.165, 1.54) is 11.6 Å². The third kappa shape index (κ3) is 4.05. The van der Waals surface area contributed by atoms with Gasteiger partial charge in [0.05, 0.1) is 5.69 Å². The van der Waals surface area contributed by atoms with Crippen molar-refractivity contribution >= 4 is 17.4 Å². The number of anilines is 2. The summed E-state index contributed by atoms with van der Waals surface area (Å²) < 4.78 is 13.6. The van der Waals surface area contributed by atoms with Crippen LogP contribution in [0.5, 0.6) is 0 Å². The number of urea groups is 1. The molecule has 2 rings (SSSR count). The molecule has 0 aromatic heterocycles. The molecular weight excluding hydrogens is 267 g/mol. The fourth-order valence-electron chi connectivity index (χ4n) is 1.97. The first kappa shape index (κ1) is 15.0. The molecule has 0 saturated carbocycles. The van der Waals surface area contributed by atoms with E-state index in [-0.39, 0.29) is 5.69 Å². The summed E-state index contributed by atoms with van der Waals surface area (Å²) in [5, 5.41) is 5.20. The monoisotopic (exact) mass is 286 g/mol. The van der Waals surface area contributed by atoms with Crippen molar-refractivity contribution in [2.75, 3.05) is 10.6 Å². The summed E-state index contributed by atoms with van der Waals surface area (Å²) in [7, 11) is 0. The second kappa shape index (κ2) is 6.39. The Bertz CT molecular complexity index is 636. The average Bonchev–Trinajstić information content (AvgIpc) is 2.43. The lowest BCUT2D eigenvalue weighted by molar-refractivity contribution is 0.262. The topological polar surface area (TPSA) is 41.1 Å². The fraction of sp³-hybridized carbons (Fsp3) is 0.235. The van der Waals surface area contributed by atoms with E-state index in [4.69, 9.17) is 0 Å². The molecule has 0 aliphatic carbocycles. The number of benzene rings is 2. The van der Waals surface area contributed by atoms with E-state index in [0.29, 0.717) is 11.6 Å². The Morgan fingerprint density at radius 1 is 1.05 bits per heavy atom. The Hall–Kier alpha value is -2.36. The van der Waals surface area contributed by atoms with E-state index in [2.05, 4.69) is 24.5 Å². The van der Waals surface area contributed by atoms with Gasteiger partial charge in [0.25, 0.3) is 0 Å². The second-order valence-electron chi connectivity index (χ2n) is 5.34. The average molecular weight is 286 g/mol. The van der Waals surface area contributed by atoms with Gasteiger partial charge in [-0.25, -0.2) is 9.18 Å². The lowest BCUT2D eigenvalue weighted by atomic mass is 10.0. The second-order valence-corrected chi connectivity index (χ2v) is 5.34. The number of amides is 2. The van der Waals surface area contributed by atoms with Crippen LogP contribution in [-0.4, -0.2) is 6.03 Å². The standard InChI is InChI=1S/C17H19FN2O/c1-11(2)13-5-7-14(8-6-13)19-17(21)20-16-10-12(3)4-9-15(16)18/h4-11H,1-3H3,(H2,19,20,21). The highest BCUT2D eigenvalue weighted by atomic mass is 19.1. The molecule has 0 bridgehead atoms. The zero-order valence-electron chi connectivity index (χ0n) is 12.4. The molecule has 0 aliphatic rings. The van der Waals surface area contributed by atoms with Crippen LogP contribution in [0.25, 0.3) is 0 Å². The van der Waals surface area contributed by atoms with Crippen LogP contribution in [0.1, 0.15) is 30.9 Å². The number of hydrogen-bond acceptors (Lipinski definition) is 1. The van der Waals surface area contributed by atoms with Crippen molar-refractivity contribution in [1.29, 1.82) is 0 Å². The van der Waals surface area contributed by atoms with Gasteiger partial charge in [0.15, 0.2) is 0 Å². The number of rotatable bonds is 3. The van der Waals surface area contributed by atoms with E-state index >= 15 is 0 Å². The highest BCUT2D eigenvalue weighted by Crippen LogP contribution is 2.18. The highest BCUT2D eigenvalue weighted by molar-refractivity contribution is 5.99. The van der Waals surface area contributed by atoms with Crippen molar-refractivity contribution < 1.29 is 9.18 Å². The van der Waals surface area contributed by atoms with Crippen LogP contribution in [0.15, 0.2) is 42.5 Å². The molecule has 0 spiro atoms. The molecule has 0 radical (unpaired) electrons. The SMILES string of the molecule is Cc1ccc(F)c(NC(=O)Nc2ccc(C(C)C)cc2)c1. The molecule has 0 saturated heterocycles. The highest BCUT2D eigenvalue weighted by Gasteiger charge is 2.07. The molecule has 2 amide bonds. The number of hydrogen-bond donors (Lipinski definition) is 2. The molecule has 0 fully saturated rings. The minimum atomic E-state index is -0.461. The summed E-state index contributed by atoms with van der Waals surface area (Å²) in [6.45, 7) is 6.05. The van der Waals surface area contributed by atoms with Crippen molar-refractivity contribution in [2.24, 2.45) is 0 Å². The van der Waals surface area contributed by atoms with Gasteiger partial charge in [-0.05, 0) is 48.2 Å². The van der Waals surface area contributed by atoms with Crippen LogP contribution >= 0.6 is 0 Å². The maximum absolute atomic E-state index is 13.6. The summed E-state index contributed by atoms with van der Waals surface area (Å²) in [6.07, 6.45) is 0. The number of carbonyl (C=O) groups excluding carboxylic acids is 1. The first-order valence-corrected chi connectivity index (χ1v) is 6.90. The van der Waals surface area contributed by atoms with Crippen molar-refractivity contribution in [1.82, 2.24) is 0 Å². The number of aryl methyl sites for hydroxylation is 1. The van der Waals surface area contributed by atoms with Gasteiger partial charge in [0.2, 0.25) is 0 Å². The quantitative estimate of drug-likeness (QED) is 0.827. The smallest absolute Gasteiger partial charge is 0.308 e. The summed E-state index contributed by atoms with van der Waals surface area (Å²) in [6, 6.07) is 11.7. The molecule has 21 heavy (non-hydrogen) atoms. The Morgan fingerprint density at radius 2 is 1.71 bits per heavy atom. The van der Waals surface area contributed by atoms with Crippen molar-refractivity contribution in [3.63, 3.8) is 0 Å². The summed E-state index contributed by atoms with van der Waals surface area (Å²) in [5.74, 6) is -0.0137. The minimum absolute atomic E-state index is 0.173. The van der Waals surface area contributed by atoms with Gasteiger partial charge < -0.3 is 10.6 Å². The van der Waals surface area contributed by atoms with Crippen LogP contribution < -0.4 is 10.6 Å². The molecule has 2 aromatic rings. The largest absolute Gasteiger partial charge is 0.323 e. The number of halogens is 1. The van der Waals surface area contributed by atoms with Crippen LogP contribution in [0.4, 0.5) is 20.6 Å². The maximum Gasteiger partial charge on any atom is 0.323 e. The molecule has 4 heteroatoms. The lowest BCUT2D eigenvalue weighted by Crippen LogP contribution is -2.20. The van der Waals surface area contributed by atoms with Crippen molar-refractivity contribution in [2.45, 2.75) is 26.7 Å². The van der Waals surface area contributed by atoms with Gasteiger partial charge in [-0.1, -0.05) is 32.0 Å². The summed E-state index contributed by atoms with van der Waals surface area (Å²) in [5.41, 5.74) is 2.93. The van der Waals surface area contributed by atoms with Crippen LogP contribution in [-0.2, 0) is 0 Å². The van der Waals surface area contributed by atoms with Gasteiger partial charge in [-0.3, -0.25) is 0 Å². The first-order chi connectivity index (χ1) is 9.95. The predicted molar refractivity (Wildman–Crippen MR) is 84.3 cm³/mol. The Morgan fingerprint density at radius 3 is 2.33 bits per heavy atom. The first-order valence-electron chi connectivity index (χ1n) is 6.90. The van der Waals surface area contributed by atoms with Crippen LogP contribution in [0.2, 0.25) is 0 Å². The number of nitrogens with one attached hydrogen (secondary N) is 2. The molecular formula is C17H19FN2O. The normalized spacial score (nSPS) is 10.5. The van der Waals surface area contributed by atoms with E-state index < -0.39 is 11.8 Å². The molecule has 2 N–H and O–H groups in total. The molecule has 0 aliphatic heterocycles. The Labute approximate surface area is 124 Å². The van der Waals surface area contributed by atoms with E-state index in [9.17, 15) is 9.18 Å². The molecule has 0 atom stereocenters. The molecule has 0 unspecified atom stereocenters. The van der Waals surface area contributed by atoms with E-state index in [1.807, 2.05) is 31.2 Å². The zero-order chi connectivity index (χ0) is 15.4. The van der Waals surface area contributed by atoms with Crippen LogP contribution in [0.3, 0.4) is 0 Å². The van der Waals surface area contributed by atoms with Crippen LogP contribution in [0, 0.1) is 12.7 Å². The molecule has 3 nitrogen and oxygen atoms in total. The van der Waals surface area contributed by atoms with Gasteiger partial charge in [0.1, 0.15) is 5.82 Å². The van der Waals surface area contributed by atoms with Gasteiger partial charge in [-0.15, -0.1) is 0 Å². The minimum Gasteiger partial charge on any atom is -0.308 e. The van der Waals surface area contributed by atoms with E-state index in [1.54, 1.807) is 12.1 Å². The van der Waals surface area contributed by atoms with Crippen molar-refractivity contribution in [3.8, 4) is 0 Å².